The first-order chi connectivity index (χ1) is 13.3. The second-order valence-corrected chi connectivity index (χ2v) is 8.58. The summed E-state index contributed by atoms with van der Waals surface area (Å²) in [5.74, 6) is 0. The lowest BCUT2D eigenvalue weighted by Crippen LogP contribution is -2.39. The molecule has 0 radical (unpaired) electrons. The van der Waals surface area contributed by atoms with Gasteiger partial charge in [0.15, 0.2) is 0 Å². The van der Waals surface area contributed by atoms with Gasteiger partial charge in [-0.1, -0.05) is 6.07 Å². The molecule has 2 aromatic carbocycles. The van der Waals surface area contributed by atoms with Gasteiger partial charge in [0.25, 0.3) is 10.0 Å². The van der Waals surface area contributed by atoms with Crippen molar-refractivity contribution in [3.8, 4) is 0 Å². The first kappa shape index (κ1) is 18.5. The number of anilines is 1. The number of nitrogens with one attached hydrogen (secondary N) is 2. The van der Waals surface area contributed by atoms with E-state index in [4.69, 9.17) is 0 Å². The smallest absolute Gasteiger partial charge is 0.312 e. The Balaban J connectivity index is 1.76. The third kappa shape index (κ3) is 3.02. The van der Waals surface area contributed by atoms with E-state index in [0.717, 1.165) is 18.5 Å². The van der Waals surface area contributed by atoms with Crippen LogP contribution in [0.4, 0.5) is 5.69 Å². The summed E-state index contributed by atoms with van der Waals surface area (Å²) in [6, 6.07) is 9.88. The van der Waals surface area contributed by atoms with E-state index in [9.17, 15) is 18.0 Å². The van der Waals surface area contributed by atoms with Gasteiger partial charge in [0.2, 0.25) is 0 Å². The Morgan fingerprint density at radius 1 is 0.929 bits per heavy atom. The van der Waals surface area contributed by atoms with Gasteiger partial charge in [-0.2, -0.15) is 0 Å². The number of fused-ring (bicyclic) bond motifs is 2. The van der Waals surface area contributed by atoms with Crippen molar-refractivity contribution in [2.24, 2.45) is 14.1 Å². The van der Waals surface area contributed by atoms with Gasteiger partial charge in [-0.15, -0.1) is 0 Å². The van der Waals surface area contributed by atoms with Crippen molar-refractivity contribution in [3.63, 3.8) is 0 Å². The van der Waals surface area contributed by atoms with Crippen molar-refractivity contribution in [3.05, 3.63) is 68.2 Å². The normalized spacial score (nSPS) is 14.1. The molecule has 146 valence electrons. The zero-order chi connectivity index (χ0) is 20.1. The average Bonchev–Trinajstić information content (AvgIpc) is 2.69. The van der Waals surface area contributed by atoms with Crippen LogP contribution in [0.2, 0.25) is 0 Å². The molecule has 0 saturated heterocycles. The molecule has 3 aromatic rings. The lowest BCUT2D eigenvalue weighted by atomic mass is 10.0. The maximum Gasteiger partial charge on any atom is 0.316 e. The van der Waals surface area contributed by atoms with E-state index in [1.165, 1.54) is 47.0 Å². The van der Waals surface area contributed by atoms with Crippen molar-refractivity contribution < 1.29 is 8.42 Å². The van der Waals surface area contributed by atoms with Gasteiger partial charge in [-0.05, 0) is 54.4 Å². The van der Waals surface area contributed by atoms with Gasteiger partial charge in [0, 0.05) is 26.3 Å². The molecule has 0 saturated carbocycles. The summed E-state index contributed by atoms with van der Waals surface area (Å²) in [4.78, 5) is 24.0. The number of hydrogen-bond donors (Lipinski definition) is 2. The summed E-state index contributed by atoms with van der Waals surface area (Å²) in [5, 5.41) is 3.27. The Bertz CT molecular complexity index is 1320. The monoisotopic (exact) mass is 400 g/mol. The van der Waals surface area contributed by atoms with Gasteiger partial charge in [-0.3, -0.25) is 14.3 Å². The highest BCUT2D eigenvalue weighted by atomic mass is 32.2. The summed E-state index contributed by atoms with van der Waals surface area (Å²) < 4.78 is 30.7. The van der Waals surface area contributed by atoms with Crippen molar-refractivity contribution in [1.82, 2.24) is 14.5 Å². The number of nitrogens with zero attached hydrogens (tertiary/aromatic N) is 2. The maximum absolute atomic E-state index is 12.9. The predicted molar refractivity (Wildman–Crippen MR) is 107 cm³/mol. The average molecular weight is 400 g/mol. The third-order valence-corrected chi connectivity index (χ3v) is 6.50. The van der Waals surface area contributed by atoms with Crippen LogP contribution >= 0.6 is 0 Å². The second kappa shape index (κ2) is 6.61. The Morgan fingerprint density at radius 3 is 2.39 bits per heavy atom. The molecular formula is C19H20N4O4S. The number of aromatic nitrogens is 2. The molecule has 28 heavy (non-hydrogen) atoms. The Hall–Kier alpha value is -2.91. The molecule has 1 aliphatic heterocycles. The molecule has 0 aliphatic carbocycles. The molecule has 0 amide bonds. The highest BCUT2D eigenvalue weighted by Crippen LogP contribution is 2.23. The van der Waals surface area contributed by atoms with Crippen LogP contribution < -0.4 is 21.2 Å². The predicted octanol–water partition coefficient (Wildman–Crippen LogP) is 0.684. The molecule has 4 rings (SSSR count). The molecular weight excluding hydrogens is 380 g/mol. The molecule has 8 nitrogen and oxygen atoms in total. The first-order valence-electron chi connectivity index (χ1n) is 8.83. The summed E-state index contributed by atoms with van der Waals surface area (Å²) in [6.07, 6.45) is 0.916. The van der Waals surface area contributed by atoms with E-state index >= 15 is 0 Å². The maximum atomic E-state index is 12.9. The number of aryl methyl sites for hydroxylation is 2. The van der Waals surface area contributed by atoms with Crippen molar-refractivity contribution in [1.29, 1.82) is 0 Å². The van der Waals surface area contributed by atoms with Crippen molar-refractivity contribution in [2.75, 3.05) is 11.3 Å². The van der Waals surface area contributed by atoms with Gasteiger partial charge in [0.1, 0.15) is 0 Å². The van der Waals surface area contributed by atoms with Crippen LogP contribution in [-0.4, -0.2) is 24.1 Å². The minimum Gasteiger partial charge on any atom is -0.312 e. The number of benzene rings is 2. The second-order valence-electron chi connectivity index (χ2n) is 6.89. The van der Waals surface area contributed by atoms with E-state index in [0.29, 0.717) is 23.3 Å². The van der Waals surface area contributed by atoms with Crippen molar-refractivity contribution in [2.45, 2.75) is 17.9 Å². The number of rotatable bonds is 3. The fourth-order valence-electron chi connectivity index (χ4n) is 3.49. The first-order valence-corrected chi connectivity index (χ1v) is 10.3. The van der Waals surface area contributed by atoms with Crippen LogP contribution in [0, 0.1) is 0 Å². The largest absolute Gasteiger partial charge is 0.316 e. The SMILES string of the molecule is Cn1c(=O)c(=O)n(C)c2cc(S(=O)(=O)Nc3ccc4c(c3)CNCC4)ccc21. The number of hydrogen-bond acceptors (Lipinski definition) is 5. The minimum atomic E-state index is -3.86. The zero-order valence-corrected chi connectivity index (χ0v) is 16.3. The summed E-state index contributed by atoms with van der Waals surface area (Å²) in [6.45, 7) is 1.62. The summed E-state index contributed by atoms with van der Waals surface area (Å²) >= 11 is 0. The zero-order valence-electron chi connectivity index (χ0n) is 15.5. The summed E-state index contributed by atoms with van der Waals surface area (Å²) in [7, 11) is -0.921. The number of sulfonamides is 1. The minimum absolute atomic E-state index is 0.0181. The van der Waals surface area contributed by atoms with E-state index in [2.05, 4.69) is 10.0 Å². The van der Waals surface area contributed by atoms with Gasteiger partial charge in [0.05, 0.1) is 15.9 Å². The Morgan fingerprint density at radius 2 is 1.64 bits per heavy atom. The Kier molecular flexibility index (Phi) is 4.35. The van der Waals surface area contributed by atoms with Gasteiger partial charge in [-0.25, -0.2) is 8.42 Å². The third-order valence-electron chi connectivity index (χ3n) is 5.12. The van der Waals surface area contributed by atoms with Crippen LogP contribution in [0.25, 0.3) is 11.0 Å². The molecule has 0 spiro atoms. The molecule has 2 heterocycles. The summed E-state index contributed by atoms with van der Waals surface area (Å²) in [5.41, 5.74) is 2.24. The molecule has 0 unspecified atom stereocenters. The molecule has 2 N–H and O–H groups in total. The fraction of sp³-hybridized carbons (Fsp3) is 0.263. The van der Waals surface area contributed by atoms with Crippen molar-refractivity contribution >= 4 is 26.7 Å². The highest BCUT2D eigenvalue weighted by Gasteiger charge is 2.18. The fourth-order valence-corrected chi connectivity index (χ4v) is 4.56. The molecule has 9 heteroatoms. The molecule has 1 aliphatic rings. The van der Waals surface area contributed by atoms with E-state index in [1.807, 2.05) is 12.1 Å². The highest BCUT2D eigenvalue weighted by molar-refractivity contribution is 7.92. The van der Waals surface area contributed by atoms with E-state index in [1.54, 1.807) is 6.07 Å². The topological polar surface area (TPSA) is 102 Å². The van der Waals surface area contributed by atoms with E-state index in [-0.39, 0.29) is 4.90 Å². The molecule has 0 fully saturated rings. The van der Waals surface area contributed by atoms with Crippen LogP contribution in [0.5, 0.6) is 0 Å². The lowest BCUT2D eigenvalue weighted by molar-refractivity contribution is 0.601. The van der Waals surface area contributed by atoms with Crippen LogP contribution in [-0.2, 0) is 37.1 Å². The van der Waals surface area contributed by atoms with Crippen LogP contribution in [0.1, 0.15) is 11.1 Å². The molecule has 1 aromatic heterocycles. The molecule has 0 atom stereocenters. The van der Waals surface area contributed by atoms with Crippen LogP contribution in [0.15, 0.2) is 50.9 Å². The van der Waals surface area contributed by atoms with Crippen LogP contribution in [0.3, 0.4) is 0 Å². The Labute approximate surface area is 161 Å². The van der Waals surface area contributed by atoms with Gasteiger partial charge < -0.3 is 14.5 Å². The quantitative estimate of drug-likeness (QED) is 0.630. The van der Waals surface area contributed by atoms with E-state index < -0.39 is 21.1 Å². The molecule has 0 bridgehead atoms. The van der Waals surface area contributed by atoms with Gasteiger partial charge >= 0.3 is 11.1 Å². The standard InChI is InChI=1S/C19H20N4O4S/c1-22-16-6-5-15(10-17(16)23(2)19(25)18(22)24)28(26,27)21-14-4-3-12-7-8-20-11-13(12)9-14/h3-6,9-10,20-21H,7-8,11H2,1-2H3. The lowest BCUT2D eigenvalue weighted by Gasteiger charge is -2.18.